The molecule has 11 heteroatoms. The number of sulfone groups is 1. The molecule has 0 saturated heterocycles. The SMILES string of the molecule is CC[C@H]1C[C@H](Oc2ccc(C#N)cn2)C[C@H]1c1nnc2c(S(=O)(=O)c3ccccc3C)nc3[nH]ccc3n12. The van der Waals surface area contributed by atoms with E-state index in [1.807, 2.05) is 10.5 Å². The molecule has 1 aliphatic carbocycles. The molecule has 1 fully saturated rings. The van der Waals surface area contributed by atoms with E-state index in [4.69, 9.17) is 10.00 Å². The maximum Gasteiger partial charge on any atom is 0.228 e. The summed E-state index contributed by atoms with van der Waals surface area (Å²) in [6.45, 7) is 3.89. The lowest BCUT2D eigenvalue weighted by Crippen LogP contribution is -2.14. The molecule has 1 aromatic carbocycles. The smallest absolute Gasteiger partial charge is 0.228 e. The third-order valence-electron chi connectivity index (χ3n) is 7.34. The van der Waals surface area contributed by atoms with Gasteiger partial charge in [0, 0.05) is 24.4 Å². The minimum atomic E-state index is -3.96. The maximum atomic E-state index is 13.8. The summed E-state index contributed by atoms with van der Waals surface area (Å²) in [7, 11) is -3.96. The first-order valence-corrected chi connectivity index (χ1v) is 13.9. The Kier molecular flexibility index (Phi) is 5.84. The van der Waals surface area contributed by atoms with E-state index in [-0.39, 0.29) is 33.5 Å². The molecule has 4 aromatic heterocycles. The molecule has 10 nitrogen and oxygen atoms in total. The molecule has 0 aliphatic heterocycles. The van der Waals surface area contributed by atoms with Crippen LogP contribution in [-0.2, 0) is 9.84 Å². The van der Waals surface area contributed by atoms with Crippen molar-refractivity contribution in [2.45, 2.75) is 55.1 Å². The van der Waals surface area contributed by atoms with Gasteiger partial charge in [0.2, 0.25) is 20.7 Å². The number of rotatable bonds is 6. The highest BCUT2D eigenvalue weighted by Gasteiger charge is 2.39. The van der Waals surface area contributed by atoms with Crippen molar-refractivity contribution in [3.8, 4) is 11.9 Å². The van der Waals surface area contributed by atoms with Crippen LogP contribution >= 0.6 is 0 Å². The fraction of sp³-hybridized carbons (Fsp3) is 0.296. The number of hydrogen-bond donors (Lipinski definition) is 1. The van der Waals surface area contributed by atoms with Crippen molar-refractivity contribution >= 4 is 26.6 Å². The Balaban J connectivity index is 1.43. The van der Waals surface area contributed by atoms with Crippen LogP contribution in [0.2, 0.25) is 0 Å². The lowest BCUT2D eigenvalue weighted by atomic mass is 9.93. The number of aromatic amines is 1. The van der Waals surface area contributed by atoms with Crippen LogP contribution in [0.5, 0.6) is 5.88 Å². The van der Waals surface area contributed by atoms with Gasteiger partial charge in [-0.05, 0) is 49.4 Å². The molecule has 1 saturated carbocycles. The Morgan fingerprint density at radius 2 is 2.00 bits per heavy atom. The van der Waals surface area contributed by atoms with E-state index in [9.17, 15) is 8.42 Å². The molecule has 6 rings (SSSR count). The molecule has 0 radical (unpaired) electrons. The molecule has 38 heavy (non-hydrogen) atoms. The molecular weight excluding hydrogens is 502 g/mol. The van der Waals surface area contributed by atoms with Crippen LogP contribution in [0, 0.1) is 24.2 Å². The van der Waals surface area contributed by atoms with Crippen LogP contribution in [-0.4, -0.2) is 44.1 Å². The zero-order valence-electron chi connectivity index (χ0n) is 20.9. The van der Waals surface area contributed by atoms with Gasteiger partial charge in [0.15, 0.2) is 11.3 Å². The molecule has 1 aliphatic rings. The molecule has 3 atom stereocenters. The lowest BCUT2D eigenvalue weighted by molar-refractivity contribution is 0.195. The molecule has 4 heterocycles. The first-order valence-electron chi connectivity index (χ1n) is 12.5. The van der Waals surface area contributed by atoms with Gasteiger partial charge in [-0.2, -0.15) is 5.26 Å². The van der Waals surface area contributed by atoms with Gasteiger partial charge in [-0.15, -0.1) is 10.2 Å². The summed E-state index contributed by atoms with van der Waals surface area (Å²) in [6, 6.07) is 14.2. The number of benzene rings is 1. The molecular formula is C27H25N7O3S. The van der Waals surface area contributed by atoms with E-state index in [1.165, 1.54) is 6.20 Å². The van der Waals surface area contributed by atoms with Gasteiger partial charge in [-0.3, -0.25) is 4.40 Å². The van der Waals surface area contributed by atoms with Crippen molar-refractivity contribution in [1.82, 2.24) is 29.5 Å². The van der Waals surface area contributed by atoms with Gasteiger partial charge in [0.05, 0.1) is 16.0 Å². The quantitative estimate of drug-likeness (QED) is 0.344. The third kappa shape index (κ3) is 3.88. The average Bonchev–Trinajstić information content (AvgIpc) is 3.66. The Morgan fingerprint density at radius 1 is 1.16 bits per heavy atom. The van der Waals surface area contributed by atoms with E-state index in [0.717, 1.165) is 18.4 Å². The number of aryl methyl sites for hydroxylation is 1. The summed E-state index contributed by atoms with van der Waals surface area (Å²) in [5, 5.41) is 17.8. The Morgan fingerprint density at radius 3 is 2.74 bits per heavy atom. The summed E-state index contributed by atoms with van der Waals surface area (Å²) < 4.78 is 35.6. The molecule has 0 amide bonds. The summed E-state index contributed by atoms with van der Waals surface area (Å²) in [5.74, 6) is 1.41. The third-order valence-corrected chi connectivity index (χ3v) is 9.16. The summed E-state index contributed by atoms with van der Waals surface area (Å²) in [6.07, 6.45) is 5.51. The Bertz CT molecular complexity index is 1800. The molecule has 0 bridgehead atoms. The lowest BCUT2D eigenvalue weighted by Gasteiger charge is -2.16. The topological polar surface area (TPSA) is 139 Å². The van der Waals surface area contributed by atoms with E-state index in [2.05, 4.69) is 38.1 Å². The second-order valence-corrected chi connectivity index (χ2v) is 11.4. The summed E-state index contributed by atoms with van der Waals surface area (Å²) in [4.78, 5) is 12.0. The van der Waals surface area contributed by atoms with E-state index >= 15 is 0 Å². The zero-order valence-corrected chi connectivity index (χ0v) is 21.7. The van der Waals surface area contributed by atoms with Crippen LogP contribution in [0.1, 0.15) is 49.1 Å². The van der Waals surface area contributed by atoms with E-state index < -0.39 is 9.84 Å². The second-order valence-electron chi connectivity index (χ2n) is 9.60. The van der Waals surface area contributed by atoms with Gasteiger partial charge in [-0.1, -0.05) is 31.5 Å². The van der Waals surface area contributed by atoms with Crippen LogP contribution in [0.25, 0.3) is 16.8 Å². The molecule has 0 spiro atoms. The number of pyridine rings is 1. The van der Waals surface area contributed by atoms with Crippen molar-refractivity contribution in [3.05, 3.63) is 71.8 Å². The van der Waals surface area contributed by atoms with Crippen molar-refractivity contribution in [2.75, 3.05) is 0 Å². The van der Waals surface area contributed by atoms with Gasteiger partial charge in [0.25, 0.3) is 0 Å². The number of hydrogen-bond acceptors (Lipinski definition) is 8. The van der Waals surface area contributed by atoms with Gasteiger partial charge < -0.3 is 9.72 Å². The zero-order chi connectivity index (χ0) is 26.4. The normalized spacial score (nSPS) is 19.7. The highest BCUT2D eigenvalue weighted by atomic mass is 32.2. The maximum absolute atomic E-state index is 13.8. The average molecular weight is 528 g/mol. The van der Waals surface area contributed by atoms with Crippen LogP contribution in [0.4, 0.5) is 0 Å². The van der Waals surface area contributed by atoms with Gasteiger partial charge >= 0.3 is 0 Å². The number of nitriles is 1. The van der Waals surface area contributed by atoms with Crippen molar-refractivity contribution in [3.63, 3.8) is 0 Å². The molecule has 0 unspecified atom stereocenters. The highest BCUT2D eigenvalue weighted by Crippen LogP contribution is 2.43. The number of ether oxygens (including phenoxy) is 1. The van der Waals surface area contributed by atoms with Crippen LogP contribution in [0.3, 0.4) is 0 Å². The first-order chi connectivity index (χ1) is 18.4. The number of fused-ring (bicyclic) bond motifs is 3. The minimum Gasteiger partial charge on any atom is -0.474 e. The van der Waals surface area contributed by atoms with Crippen molar-refractivity contribution < 1.29 is 13.2 Å². The van der Waals surface area contributed by atoms with E-state index in [1.54, 1.807) is 49.5 Å². The summed E-state index contributed by atoms with van der Waals surface area (Å²) >= 11 is 0. The number of H-pyrrole nitrogens is 1. The minimum absolute atomic E-state index is 0.00658. The van der Waals surface area contributed by atoms with Crippen molar-refractivity contribution in [1.29, 1.82) is 5.26 Å². The predicted octanol–water partition coefficient (Wildman–Crippen LogP) is 4.36. The van der Waals surface area contributed by atoms with Crippen LogP contribution in [0.15, 0.2) is 64.8 Å². The predicted molar refractivity (Wildman–Crippen MR) is 138 cm³/mol. The largest absolute Gasteiger partial charge is 0.474 e. The standard InChI is InChI=1S/C27H25N7O3S/c1-3-18-12-19(37-23-9-8-17(14-28)15-30-23)13-20(18)25-32-33-26-27(31-24-21(34(25)26)10-11-29-24)38(35,36)22-7-5-4-6-16(22)2/h4-11,15,18-20,29H,3,12-13H2,1-2H3/t18-,19-,20+/m0/s1. The van der Waals surface area contributed by atoms with Crippen LogP contribution < -0.4 is 4.74 Å². The molecule has 1 N–H and O–H groups in total. The fourth-order valence-corrected chi connectivity index (χ4v) is 7.00. The number of aromatic nitrogens is 6. The summed E-state index contributed by atoms with van der Waals surface area (Å²) in [5.41, 5.74) is 2.49. The van der Waals surface area contributed by atoms with E-state index in [0.29, 0.717) is 34.9 Å². The monoisotopic (exact) mass is 527 g/mol. The second kappa shape index (κ2) is 9.22. The fourth-order valence-electron chi connectivity index (χ4n) is 5.45. The highest BCUT2D eigenvalue weighted by molar-refractivity contribution is 7.91. The van der Waals surface area contributed by atoms with Gasteiger partial charge in [0.1, 0.15) is 18.0 Å². The Labute approximate surface area is 219 Å². The van der Waals surface area contributed by atoms with Gasteiger partial charge in [-0.25, -0.2) is 18.4 Å². The van der Waals surface area contributed by atoms with Crippen molar-refractivity contribution in [2.24, 2.45) is 5.92 Å². The molecule has 192 valence electrons. The number of nitrogens with zero attached hydrogens (tertiary/aromatic N) is 6. The molecule has 5 aromatic rings. The number of nitrogens with one attached hydrogen (secondary N) is 1. The first kappa shape index (κ1) is 24.1. The Hall–Kier alpha value is -4.30.